The first kappa shape index (κ1) is 16.2. The summed E-state index contributed by atoms with van der Waals surface area (Å²) in [6.07, 6.45) is 0. The Labute approximate surface area is 142 Å². The molecule has 0 radical (unpaired) electrons. The molecule has 126 valence electrons. The molecule has 0 aliphatic heterocycles. The van der Waals surface area contributed by atoms with E-state index < -0.39 is 4.92 Å². The molecule has 1 aromatic heterocycles. The summed E-state index contributed by atoms with van der Waals surface area (Å²) in [5.74, 6) is 0.344. The molecule has 0 aliphatic rings. The van der Waals surface area contributed by atoms with Crippen LogP contribution < -0.4 is 10.1 Å². The van der Waals surface area contributed by atoms with Gasteiger partial charge in [-0.3, -0.25) is 20.0 Å². The smallest absolute Gasteiger partial charge is 0.273 e. The summed E-state index contributed by atoms with van der Waals surface area (Å²) in [5, 5.41) is 20.1. The highest BCUT2D eigenvalue weighted by Gasteiger charge is 2.12. The quantitative estimate of drug-likeness (QED) is 0.548. The van der Waals surface area contributed by atoms with E-state index in [9.17, 15) is 14.9 Å². The Balaban J connectivity index is 1.72. The van der Waals surface area contributed by atoms with Gasteiger partial charge in [-0.2, -0.15) is 5.10 Å². The third-order valence-corrected chi connectivity index (χ3v) is 3.54. The van der Waals surface area contributed by atoms with Crippen LogP contribution in [0.1, 0.15) is 10.5 Å². The SMILES string of the molecule is COc1ccc(-c2cc(C(=O)Nc3ccc([N+](=O)[O-])cc3)[nH]n2)cc1. The zero-order chi connectivity index (χ0) is 17.8. The van der Waals surface area contributed by atoms with Gasteiger partial charge in [0.1, 0.15) is 11.4 Å². The highest BCUT2D eigenvalue weighted by Crippen LogP contribution is 2.22. The van der Waals surface area contributed by atoms with Crippen molar-refractivity contribution in [2.45, 2.75) is 0 Å². The van der Waals surface area contributed by atoms with Crippen LogP contribution in [0.25, 0.3) is 11.3 Å². The Morgan fingerprint density at radius 3 is 2.44 bits per heavy atom. The number of aromatic nitrogens is 2. The molecule has 2 N–H and O–H groups in total. The van der Waals surface area contributed by atoms with E-state index in [1.54, 1.807) is 25.3 Å². The Bertz CT molecular complexity index is 901. The highest BCUT2D eigenvalue weighted by atomic mass is 16.6. The molecule has 25 heavy (non-hydrogen) atoms. The molecule has 0 saturated carbocycles. The molecule has 2 aromatic carbocycles. The van der Waals surface area contributed by atoms with E-state index in [1.165, 1.54) is 24.3 Å². The molecule has 8 nitrogen and oxygen atoms in total. The number of H-pyrrole nitrogens is 1. The molecule has 0 unspecified atom stereocenters. The Kier molecular flexibility index (Phi) is 4.42. The van der Waals surface area contributed by atoms with E-state index in [0.717, 1.165) is 11.3 Å². The lowest BCUT2D eigenvalue weighted by atomic mass is 10.1. The number of rotatable bonds is 5. The molecule has 3 rings (SSSR count). The number of hydrogen-bond donors (Lipinski definition) is 2. The van der Waals surface area contributed by atoms with E-state index in [-0.39, 0.29) is 17.3 Å². The van der Waals surface area contributed by atoms with Crippen molar-refractivity contribution in [1.82, 2.24) is 10.2 Å². The third kappa shape index (κ3) is 3.63. The molecule has 8 heteroatoms. The third-order valence-electron chi connectivity index (χ3n) is 3.54. The maximum atomic E-state index is 12.2. The van der Waals surface area contributed by atoms with Crippen LogP contribution in [0, 0.1) is 10.1 Å². The summed E-state index contributed by atoms with van der Waals surface area (Å²) in [6.45, 7) is 0. The standard InChI is InChI=1S/C17H14N4O4/c1-25-14-8-2-11(3-9-14)15-10-16(20-19-15)17(22)18-12-4-6-13(7-5-12)21(23)24/h2-10H,1H3,(H,18,22)(H,19,20). The average molecular weight is 338 g/mol. The number of aromatic amines is 1. The molecule has 1 amide bonds. The van der Waals surface area contributed by atoms with Crippen molar-refractivity contribution in [2.24, 2.45) is 0 Å². The molecule has 1 heterocycles. The number of ether oxygens (including phenoxy) is 1. The number of hydrogen-bond acceptors (Lipinski definition) is 5. The molecule has 0 aliphatic carbocycles. The van der Waals surface area contributed by atoms with E-state index in [0.29, 0.717) is 11.4 Å². The van der Waals surface area contributed by atoms with Gasteiger partial charge in [0.05, 0.1) is 17.7 Å². The van der Waals surface area contributed by atoms with E-state index in [1.807, 2.05) is 12.1 Å². The van der Waals surface area contributed by atoms with Crippen LogP contribution in [0.4, 0.5) is 11.4 Å². The van der Waals surface area contributed by atoms with E-state index in [4.69, 9.17) is 4.74 Å². The Morgan fingerprint density at radius 1 is 1.16 bits per heavy atom. The molecule has 0 saturated heterocycles. The van der Waals surface area contributed by atoms with Crippen LogP contribution >= 0.6 is 0 Å². The summed E-state index contributed by atoms with van der Waals surface area (Å²) >= 11 is 0. The summed E-state index contributed by atoms with van der Waals surface area (Å²) in [4.78, 5) is 22.4. The van der Waals surface area contributed by atoms with Crippen molar-refractivity contribution >= 4 is 17.3 Å². The van der Waals surface area contributed by atoms with Gasteiger partial charge < -0.3 is 10.1 Å². The minimum atomic E-state index is -0.498. The summed E-state index contributed by atoms with van der Waals surface area (Å²) in [5.41, 5.74) is 2.16. The van der Waals surface area contributed by atoms with Gasteiger partial charge in [-0.25, -0.2) is 0 Å². The van der Waals surface area contributed by atoms with Gasteiger partial charge >= 0.3 is 0 Å². The van der Waals surface area contributed by atoms with Gasteiger partial charge in [0.15, 0.2) is 0 Å². The maximum absolute atomic E-state index is 12.2. The van der Waals surface area contributed by atoms with Crippen LogP contribution in [-0.2, 0) is 0 Å². The normalized spacial score (nSPS) is 10.3. The van der Waals surface area contributed by atoms with Crippen LogP contribution in [0.3, 0.4) is 0 Å². The number of non-ortho nitro benzene ring substituents is 1. The fourth-order valence-corrected chi connectivity index (χ4v) is 2.21. The van der Waals surface area contributed by atoms with E-state index >= 15 is 0 Å². The van der Waals surface area contributed by atoms with Crippen molar-refractivity contribution < 1.29 is 14.5 Å². The van der Waals surface area contributed by atoms with Crippen molar-refractivity contribution in [3.05, 3.63) is 70.4 Å². The zero-order valence-electron chi connectivity index (χ0n) is 13.2. The number of nitro benzene ring substituents is 1. The van der Waals surface area contributed by atoms with Crippen LogP contribution in [-0.4, -0.2) is 28.1 Å². The topological polar surface area (TPSA) is 110 Å². The number of amides is 1. The number of anilines is 1. The molecular weight excluding hydrogens is 324 g/mol. The predicted octanol–water partition coefficient (Wildman–Crippen LogP) is 3.25. The lowest BCUT2D eigenvalue weighted by Gasteiger charge is -2.02. The summed E-state index contributed by atoms with van der Waals surface area (Å²) in [6, 6.07) is 14.5. The molecule has 0 fully saturated rings. The minimum absolute atomic E-state index is 0.0404. The fourth-order valence-electron chi connectivity index (χ4n) is 2.21. The molecule has 3 aromatic rings. The lowest BCUT2D eigenvalue weighted by molar-refractivity contribution is -0.384. The van der Waals surface area contributed by atoms with Crippen molar-refractivity contribution in [3.8, 4) is 17.0 Å². The predicted molar refractivity (Wildman–Crippen MR) is 91.6 cm³/mol. The summed E-state index contributed by atoms with van der Waals surface area (Å²) in [7, 11) is 1.59. The first-order valence-electron chi connectivity index (χ1n) is 7.32. The second kappa shape index (κ2) is 6.83. The number of carbonyl (C=O) groups excluding carboxylic acids is 1. The second-order valence-corrected chi connectivity index (χ2v) is 5.15. The molecular formula is C17H14N4O4. The van der Waals surface area contributed by atoms with Gasteiger partial charge in [-0.1, -0.05) is 0 Å². The monoisotopic (exact) mass is 338 g/mol. The first-order valence-corrected chi connectivity index (χ1v) is 7.32. The van der Waals surface area contributed by atoms with Crippen molar-refractivity contribution in [1.29, 1.82) is 0 Å². The minimum Gasteiger partial charge on any atom is -0.497 e. The van der Waals surface area contributed by atoms with Gasteiger partial charge in [0.2, 0.25) is 0 Å². The largest absolute Gasteiger partial charge is 0.497 e. The Morgan fingerprint density at radius 2 is 1.84 bits per heavy atom. The van der Waals surface area contributed by atoms with Crippen LogP contribution in [0.2, 0.25) is 0 Å². The maximum Gasteiger partial charge on any atom is 0.273 e. The number of benzene rings is 2. The molecule has 0 spiro atoms. The number of methoxy groups -OCH3 is 1. The van der Waals surface area contributed by atoms with Gasteiger partial charge in [-0.15, -0.1) is 0 Å². The fraction of sp³-hybridized carbons (Fsp3) is 0.0588. The molecule has 0 atom stereocenters. The van der Waals surface area contributed by atoms with Gasteiger partial charge in [0, 0.05) is 23.4 Å². The van der Waals surface area contributed by atoms with Crippen LogP contribution in [0.15, 0.2) is 54.6 Å². The summed E-state index contributed by atoms with van der Waals surface area (Å²) < 4.78 is 5.10. The lowest BCUT2D eigenvalue weighted by Crippen LogP contribution is -2.12. The Hall–Kier alpha value is -3.68. The van der Waals surface area contributed by atoms with Crippen molar-refractivity contribution in [3.63, 3.8) is 0 Å². The number of nitro groups is 1. The van der Waals surface area contributed by atoms with E-state index in [2.05, 4.69) is 15.5 Å². The van der Waals surface area contributed by atoms with Gasteiger partial charge in [0.25, 0.3) is 11.6 Å². The zero-order valence-corrected chi connectivity index (χ0v) is 13.2. The average Bonchev–Trinajstić information content (AvgIpc) is 3.12. The highest BCUT2D eigenvalue weighted by molar-refractivity contribution is 6.03. The number of carbonyl (C=O) groups is 1. The molecule has 0 bridgehead atoms. The second-order valence-electron chi connectivity index (χ2n) is 5.15. The van der Waals surface area contributed by atoms with Crippen molar-refractivity contribution in [2.75, 3.05) is 12.4 Å². The number of nitrogens with zero attached hydrogens (tertiary/aromatic N) is 2. The van der Waals surface area contributed by atoms with Crippen LogP contribution in [0.5, 0.6) is 5.75 Å². The number of nitrogens with one attached hydrogen (secondary N) is 2. The first-order chi connectivity index (χ1) is 12.1. The van der Waals surface area contributed by atoms with Gasteiger partial charge in [-0.05, 0) is 42.5 Å².